The molecule has 2 aromatic rings. The van der Waals surface area contributed by atoms with Gasteiger partial charge in [0.1, 0.15) is 10.4 Å². The lowest BCUT2D eigenvalue weighted by Gasteiger charge is -2.15. The van der Waals surface area contributed by atoms with Gasteiger partial charge in [0.15, 0.2) is 0 Å². The minimum absolute atomic E-state index is 0.451. The van der Waals surface area contributed by atoms with Gasteiger partial charge < -0.3 is 11.1 Å². The maximum absolute atomic E-state index is 11.6. The van der Waals surface area contributed by atoms with Crippen molar-refractivity contribution < 1.29 is 4.79 Å². The predicted octanol–water partition coefficient (Wildman–Crippen LogP) is 4.57. The fourth-order valence-corrected chi connectivity index (χ4v) is 3.56. The molecule has 0 saturated heterocycles. The molecule has 0 bridgehead atoms. The van der Waals surface area contributed by atoms with Crippen molar-refractivity contribution in [3.8, 4) is 0 Å². The first-order valence-corrected chi connectivity index (χ1v) is 8.01. The Morgan fingerprint density at radius 1 is 1.32 bits per heavy atom. The molecule has 0 aliphatic carbocycles. The number of hydrogen-bond acceptors (Lipinski definition) is 3. The average molecular weight is 425 g/mol. The zero-order valence-electron chi connectivity index (χ0n) is 9.49. The third-order valence-corrected chi connectivity index (χ3v) is 5.46. The van der Waals surface area contributed by atoms with Gasteiger partial charge in [-0.1, -0.05) is 27.5 Å². The number of rotatable bonds is 4. The number of hydrogen-bond donors (Lipinski definition) is 2. The van der Waals surface area contributed by atoms with Crippen molar-refractivity contribution in [1.82, 2.24) is 0 Å². The Morgan fingerprint density at radius 3 is 2.42 bits per heavy atom. The highest BCUT2D eigenvalue weighted by Crippen LogP contribution is 2.36. The van der Waals surface area contributed by atoms with Gasteiger partial charge in [-0.3, -0.25) is 4.79 Å². The third kappa shape index (κ3) is 3.72. The van der Waals surface area contributed by atoms with Crippen LogP contribution in [0.25, 0.3) is 0 Å². The van der Waals surface area contributed by atoms with Gasteiger partial charge in [0.2, 0.25) is 5.91 Å². The standard InChI is InChI=1S/C12H9Br2ClN2OS/c13-6-1-3-7(4-2-6)17-10(12(16)18)9-5-8(14)11(15)19-9/h1-5,10,17H,(H2,16,18). The highest BCUT2D eigenvalue weighted by molar-refractivity contribution is 9.10. The highest BCUT2D eigenvalue weighted by atomic mass is 79.9. The number of amides is 1. The van der Waals surface area contributed by atoms with E-state index >= 15 is 0 Å². The fourth-order valence-electron chi connectivity index (χ4n) is 1.50. The molecule has 19 heavy (non-hydrogen) atoms. The molecular formula is C12H9Br2ClN2OS. The van der Waals surface area contributed by atoms with E-state index in [1.165, 1.54) is 11.3 Å². The van der Waals surface area contributed by atoms with E-state index in [2.05, 4.69) is 37.2 Å². The van der Waals surface area contributed by atoms with Gasteiger partial charge in [-0.15, -0.1) is 11.3 Å². The number of nitrogens with one attached hydrogen (secondary N) is 1. The smallest absolute Gasteiger partial charge is 0.245 e. The van der Waals surface area contributed by atoms with E-state index < -0.39 is 11.9 Å². The van der Waals surface area contributed by atoms with Gasteiger partial charge in [0.05, 0.1) is 0 Å². The molecular weight excluding hydrogens is 415 g/mol. The monoisotopic (exact) mass is 422 g/mol. The summed E-state index contributed by atoms with van der Waals surface area (Å²) < 4.78 is 2.33. The van der Waals surface area contributed by atoms with Crippen molar-refractivity contribution in [2.24, 2.45) is 5.73 Å². The van der Waals surface area contributed by atoms with Crippen LogP contribution in [0.2, 0.25) is 4.34 Å². The Morgan fingerprint density at radius 2 is 1.95 bits per heavy atom. The zero-order valence-corrected chi connectivity index (χ0v) is 14.2. The van der Waals surface area contributed by atoms with E-state index in [9.17, 15) is 4.79 Å². The zero-order chi connectivity index (χ0) is 14.0. The summed E-state index contributed by atoms with van der Waals surface area (Å²) in [5, 5.41) is 3.10. The molecule has 2 rings (SSSR count). The van der Waals surface area contributed by atoms with Gasteiger partial charge in [-0.25, -0.2) is 0 Å². The Balaban J connectivity index is 2.26. The van der Waals surface area contributed by atoms with Crippen LogP contribution in [-0.4, -0.2) is 5.91 Å². The number of carbonyl (C=O) groups is 1. The lowest BCUT2D eigenvalue weighted by molar-refractivity contribution is -0.118. The van der Waals surface area contributed by atoms with Crippen LogP contribution in [0.15, 0.2) is 39.3 Å². The van der Waals surface area contributed by atoms with Gasteiger partial charge in [0, 0.05) is 19.5 Å². The lowest BCUT2D eigenvalue weighted by Crippen LogP contribution is -2.26. The van der Waals surface area contributed by atoms with Gasteiger partial charge in [-0.05, 0) is 46.3 Å². The molecule has 0 fully saturated rings. The van der Waals surface area contributed by atoms with Crippen LogP contribution < -0.4 is 11.1 Å². The quantitative estimate of drug-likeness (QED) is 0.756. The van der Waals surface area contributed by atoms with Gasteiger partial charge in [-0.2, -0.15) is 0 Å². The number of thiophene rings is 1. The molecule has 1 aromatic carbocycles. The second-order valence-electron chi connectivity index (χ2n) is 3.76. The Labute approximate surface area is 136 Å². The summed E-state index contributed by atoms with van der Waals surface area (Å²) >= 11 is 14.0. The van der Waals surface area contributed by atoms with E-state index in [4.69, 9.17) is 17.3 Å². The molecule has 3 N–H and O–H groups in total. The normalized spacial score (nSPS) is 12.2. The maximum Gasteiger partial charge on any atom is 0.245 e. The molecule has 1 unspecified atom stereocenters. The van der Waals surface area contributed by atoms with E-state index in [1.54, 1.807) is 6.07 Å². The number of nitrogens with two attached hydrogens (primary N) is 1. The first-order valence-electron chi connectivity index (χ1n) is 5.23. The van der Waals surface area contributed by atoms with E-state index in [-0.39, 0.29) is 0 Å². The fraction of sp³-hybridized carbons (Fsp3) is 0.0833. The van der Waals surface area contributed by atoms with Crippen molar-refractivity contribution >= 4 is 66.4 Å². The minimum Gasteiger partial charge on any atom is -0.369 e. The van der Waals surface area contributed by atoms with Crippen LogP contribution in [-0.2, 0) is 4.79 Å². The summed E-state index contributed by atoms with van der Waals surface area (Å²) in [5.41, 5.74) is 6.26. The summed E-state index contributed by atoms with van der Waals surface area (Å²) in [4.78, 5) is 12.4. The number of benzene rings is 1. The predicted molar refractivity (Wildman–Crippen MR) is 86.7 cm³/mol. The van der Waals surface area contributed by atoms with Gasteiger partial charge in [0.25, 0.3) is 0 Å². The number of anilines is 1. The molecule has 1 heterocycles. The second kappa shape index (κ2) is 6.26. The minimum atomic E-state index is -0.602. The van der Waals surface area contributed by atoms with Crippen LogP contribution in [0, 0.1) is 0 Å². The molecule has 100 valence electrons. The Bertz CT molecular complexity index is 581. The summed E-state index contributed by atoms with van der Waals surface area (Å²) in [6, 6.07) is 8.70. The molecule has 0 aliphatic heterocycles. The van der Waals surface area contributed by atoms with Crippen LogP contribution in [0.5, 0.6) is 0 Å². The number of carbonyl (C=O) groups excluding carboxylic acids is 1. The second-order valence-corrected chi connectivity index (χ2v) is 7.21. The van der Waals surface area contributed by atoms with Crippen LogP contribution in [0.1, 0.15) is 10.9 Å². The molecule has 1 atom stereocenters. The Kier molecular flexibility index (Phi) is 4.89. The molecule has 0 spiro atoms. The molecule has 1 amide bonds. The summed E-state index contributed by atoms with van der Waals surface area (Å²) in [5.74, 6) is -0.451. The van der Waals surface area contributed by atoms with Crippen molar-refractivity contribution in [1.29, 1.82) is 0 Å². The summed E-state index contributed by atoms with van der Waals surface area (Å²) in [6.45, 7) is 0. The average Bonchev–Trinajstić information content (AvgIpc) is 2.68. The number of halogens is 3. The van der Waals surface area contributed by atoms with Crippen molar-refractivity contribution in [3.63, 3.8) is 0 Å². The SMILES string of the molecule is NC(=O)C(Nc1ccc(Br)cc1)c1cc(Br)c(Cl)s1. The Hall–Kier alpha value is -0.560. The van der Waals surface area contributed by atoms with Crippen molar-refractivity contribution in [3.05, 3.63) is 48.5 Å². The van der Waals surface area contributed by atoms with Crippen molar-refractivity contribution in [2.45, 2.75) is 6.04 Å². The highest BCUT2D eigenvalue weighted by Gasteiger charge is 2.21. The molecule has 0 saturated carbocycles. The summed E-state index contributed by atoms with van der Waals surface area (Å²) in [6.07, 6.45) is 0. The molecule has 0 aliphatic rings. The van der Waals surface area contributed by atoms with Crippen molar-refractivity contribution in [2.75, 3.05) is 5.32 Å². The topological polar surface area (TPSA) is 55.1 Å². The molecule has 7 heteroatoms. The van der Waals surface area contributed by atoms with E-state index in [0.717, 1.165) is 19.5 Å². The van der Waals surface area contributed by atoms with Crippen LogP contribution in [0.4, 0.5) is 5.69 Å². The molecule has 1 aromatic heterocycles. The molecule has 3 nitrogen and oxygen atoms in total. The van der Waals surface area contributed by atoms with E-state index in [1.807, 2.05) is 24.3 Å². The molecule has 0 radical (unpaired) electrons. The first-order chi connectivity index (χ1) is 8.97. The maximum atomic E-state index is 11.6. The third-order valence-electron chi connectivity index (χ3n) is 2.39. The lowest BCUT2D eigenvalue weighted by atomic mass is 10.2. The van der Waals surface area contributed by atoms with Crippen LogP contribution >= 0.6 is 54.8 Å². The summed E-state index contributed by atoms with van der Waals surface area (Å²) in [7, 11) is 0. The largest absolute Gasteiger partial charge is 0.369 e. The van der Waals surface area contributed by atoms with E-state index in [0.29, 0.717) is 4.34 Å². The number of primary amides is 1. The van der Waals surface area contributed by atoms with Gasteiger partial charge >= 0.3 is 0 Å². The van der Waals surface area contributed by atoms with Crippen LogP contribution in [0.3, 0.4) is 0 Å². The first kappa shape index (κ1) is 14.8.